The second-order valence-corrected chi connectivity index (χ2v) is 9.18. The molecule has 30 heavy (non-hydrogen) atoms. The van der Waals surface area contributed by atoms with Gasteiger partial charge in [-0.1, -0.05) is 47.7 Å². The Balaban J connectivity index is 1.90. The van der Waals surface area contributed by atoms with Gasteiger partial charge in [-0.15, -0.1) is 10.2 Å². The van der Waals surface area contributed by atoms with E-state index < -0.39 is 19.3 Å². The van der Waals surface area contributed by atoms with Gasteiger partial charge >= 0.3 is 7.60 Å². The molecule has 0 bridgehead atoms. The van der Waals surface area contributed by atoms with Gasteiger partial charge in [0.1, 0.15) is 0 Å². The van der Waals surface area contributed by atoms with Gasteiger partial charge in [0.2, 0.25) is 5.13 Å². The number of carbonyl (C=O) groups is 1. The van der Waals surface area contributed by atoms with E-state index in [4.69, 9.17) is 9.05 Å². The fraction of sp³-hybridized carbons (Fsp3) is 0.250. The van der Waals surface area contributed by atoms with E-state index in [0.717, 1.165) is 5.69 Å². The summed E-state index contributed by atoms with van der Waals surface area (Å²) in [6, 6.07) is 18.1. The summed E-state index contributed by atoms with van der Waals surface area (Å²) in [7, 11) is -3.75. The SMILES string of the molecule is CCOP(=O)(OCC)[C@@H](NC(=O)c1ccccc1)c1nnc(Nc2ccccc2)s1. The first-order valence-corrected chi connectivity index (χ1v) is 11.9. The van der Waals surface area contributed by atoms with Crippen LogP contribution in [0.4, 0.5) is 10.8 Å². The largest absolute Gasteiger partial charge is 0.359 e. The topological polar surface area (TPSA) is 102 Å². The maximum absolute atomic E-state index is 13.5. The van der Waals surface area contributed by atoms with Crippen LogP contribution < -0.4 is 10.6 Å². The van der Waals surface area contributed by atoms with Crippen LogP contribution in [0.2, 0.25) is 0 Å². The molecule has 10 heteroatoms. The third kappa shape index (κ3) is 5.52. The Morgan fingerprint density at radius 2 is 1.60 bits per heavy atom. The molecule has 0 unspecified atom stereocenters. The zero-order chi connectivity index (χ0) is 21.4. The fourth-order valence-corrected chi connectivity index (χ4v) is 5.60. The summed E-state index contributed by atoms with van der Waals surface area (Å²) in [5, 5.41) is 15.0. The number of aromatic nitrogens is 2. The van der Waals surface area contributed by atoms with Gasteiger partial charge in [0.15, 0.2) is 10.8 Å². The van der Waals surface area contributed by atoms with E-state index >= 15 is 0 Å². The minimum absolute atomic E-state index is 0.156. The third-order valence-corrected chi connectivity index (χ3v) is 7.26. The second-order valence-electron chi connectivity index (χ2n) is 6.05. The Bertz CT molecular complexity index is 990. The summed E-state index contributed by atoms with van der Waals surface area (Å²) in [5.74, 6) is -1.50. The van der Waals surface area contributed by atoms with Crippen molar-refractivity contribution in [3.63, 3.8) is 0 Å². The lowest BCUT2D eigenvalue weighted by atomic mass is 10.2. The van der Waals surface area contributed by atoms with Gasteiger partial charge in [0, 0.05) is 11.3 Å². The highest BCUT2D eigenvalue weighted by Crippen LogP contribution is 2.60. The highest BCUT2D eigenvalue weighted by atomic mass is 32.1. The number of rotatable bonds is 10. The normalized spacial score (nSPS) is 12.3. The smallest absolute Gasteiger partial charge is 0.332 e. The second kappa shape index (κ2) is 10.4. The molecule has 1 atom stereocenters. The summed E-state index contributed by atoms with van der Waals surface area (Å²) in [5.41, 5.74) is 1.26. The number of benzene rings is 2. The maximum Gasteiger partial charge on any atom is 0.359 e. The van der Waals surface area contributed by atoms with Crippen LogP contribution in [0.3, 0.4) is 0 Å². The van der Waals surface area contributed by atoms with Crippen LogP contribution in [0, 0.1) is 0 Å². The van der Waals surface area contributed by atoms with Gasteiger partial charge in [0.05, 0.1) is 13.2 Å². The molecule has 8 nitrogen and oxygen atoms in total. The Hall–Kier alpha value is -2.58. The molecule has 0 saturated heterocycles. The Kier molecular flexibility index (Phi) is 7.70. The highest BCUT2D eigenvalue weighted by molar-refractivity contribution is 7.54. The van der Waals surface area contributed by atoms with Crippen LogP contribution >= 0.6 is 18.9 Å². The van der Waals surface area contributed by atoms with Crippen LogP contribution in [0.5, 0.6) is 0 Å². The van der Waals surface area contributed by atoms with Crippen molar-refractivity contribution in [2.75, 3.05) is 18.5 Å². The minimum Gasteiger partial charge on any atom is -0.332 e. The number of nitrogens with zero attached hydrogens (tertiary/aromatic N) is 2. The van der Waals surface area contributed by atoms with Gasteiger partial charge < -0.3 is 19.7 Å². The van der Waals surface area contributed by atoms with E-state index in [1.54, 1.807) is 38.1 Å². The molecule has 0 saturated carbocycles. The van der Waals surface area contributed by atoms with Gasteiger partial charge in [-0.05, 0) is 38.1 Å². The molecular formula is C20H23N4O4PS. The van der Waals surface area contributed by atoms with Crippen LogP contribution in [-0.4, -0.2) is 29.3 Å². The molecule has 0 radical (unpaired) electrons. The van der Waals surface area contributed by atoms with Crippen molar-refractivity contribution in [2.45, 2.75) is 19.6 Å². The number of hydrogen-bond acceptors (Lipinski definition) is 8. The Morgan fingerprint density at radius 3 is 2.20 bits per heavy atom. The van der Waals surface area contributed by atoms with Gasteiger partial charge in [0.25, 0.3) is 5.91 Å². The minimum atomic E-state index is -3.75. The Morgan fingerprint density at radius 1 is 1.00 bits per heavy atom. The maximum atomic E-state index is 13.5. The average molecular weight is 446 g/mol. The van der Waals surface area contributed by atoms with E-state index in [1.807, 2.05) is 36.4 Å². The molecule has 2 aromatic carbocycles. The first-order chi connectivity index (χ1) is 14.6. The van der Waals surface area contributed by atoms with Crippen LogP contribution in [0.25, 0.3) is 0 Å². The quantitative estimate of drug-likeness (QED) is 0.424. The van der Waals surface area contributed by atoms with E-state index in [-0.39, 0.29) is 13.2 Å². The summed E-state index contributed by atoms with van der Waals surface area (Å²) in [6.45, 7) is 3.74. The summed E-state index contributed by atoms with van der Waals surface area (Å²) in [6.07, 6.45) is 0. The summed E-state index contributed by atoms with van der Waals surface area (Å²) >= 11 is 1.17. The molecule has 3 aromatic rings. The first-order valence-electron chi connectivity index (χ1n) is 9.46. The van der Waals surface area contributed by atoms with E-state index in [2.05, 4.69) is 20.8 Å². The van der Waals surface area contributed by atoms with E-state index in [1.165, 1.54) is 11.3 Å². The molecule has 0 fully saturated rings. The summed E-state index contributed by atoms with van der Waals surface area (Å²) in [4.78, 5) is 12.8. The zero-order valence-electron chi connectivity index (χ0n) is 16.6. The van der Waals surface area contributed by atoms with Gasteiger partial charge in [-0.2, -0.15) is 0 Å². The van der Waals surface area contributed by atoms with Crippen LogP contribution in [0.1, 0.15) is 35.0 Å². The molecular weight excluding hydrogens is 423 g/mol. The Labute approximate surface area is 179 Å². The molecule has 1 amide bonds. The molecule has 0 aliphatic rings. The molecule has 1 heterocycles. The predicted molar refractivity (Wildman–Crippen MR) is 117 cm³/mol. The van der Waals surface area contributed by atoms with Gasteiger partial charge in [-0.25, -0.2) is 0 Å². The average Bonchev–Trinajstić information content (AvgIpc) is 3.21. The number of nitrogens with one attached hydrogen (secondary N) is 2. The highest BCUT2D eigenvalue weighted by Gasteiger charge is 2.41. The third-order valence-electron chi connectivity index (χ3n) is 3.94. The molecule has 0 aliphatic carbocycles. The van der Waals surface area contributed by atoms with Crippen molar-refractivity contribution in [1.82, 2.24) is 15.5 Å². The van der Waals surface area contributed by atoms with E-state index in [9.17, 15) is 9.36 Å². The van der Waals surface area contributed by atoms with Crippen LogP contribution in [-0.2, 0) is 13.6 Å². The lowest BCUT2D eigenvalue weighted by Gasteiger charge is -2.25. The number of para-hydroxylation sites is 1. The molecule has 3 rings (SSSR count). The standard InChI is InChI=1S/C20H23N4O4PS/c1-3-27-29(26,28-4-2)18(22-17(25)15-11-7-5-8-12-15)19-23-24-20(30-19)21-16-13-9-6-10-14-16/h5-14,18H,3-4H2,1-2H3,(H,21,24)(H,22,25)/t18-/m1/s1. The van der Waals surface area contributed by atoms with Crippen molar-refractivity contribution in [1.29, 1.82) is 0 Å². The summed E-state index contributed by atoms with van der Waals surface area (Å²) < 4.78 is 24.5. The molecule has 158 valence electrons. The van der Waals surface area contributed by atoms with Crippen molar-refractivity contribution in [3.8, 4) is 0 Å². The number of anilines is 2. The lowest BCUT2D eigenvalue weighted by molar-refractivity contribution is 0.0937. The molecule has 0 aliphatic heterocycles. The monoisotopic (exact) mass is 446 g/mol. The number of amides is 1. The first kappa shape index (κ1) is 22.1. The predicted octanol–water partition coefficient (Wildman–Crippen LogP) is 4.98. The molecule has 0 spiro atoms. The number of carbonyl (C=O) groups excluding carboxylic acids is 1. The van der Waals surface area contributed by atoms with Crippen molar-refractivity contribution in [3.05, 3.63) is 71.2 Å². The van der Waals surface area contributed by atoms with Crippen LogP contribution in [0.15, 0.2) is 60.7 Å². The molecule has 2 N–H and O–H groups in total. The zero-order valence-corrected chi connectivity index (χ0v) is 18.4. The van der Waals surface area contributed by atoms with Crippen molar-refractivity contribution in [2.24, 2.45) is 0 Å². The molecule has 1 aromatic heterocycles. The van der Waals surface area contributed by atoms with E-state index in [0.29, 0.717) is 15.7 Å². The van der Waals surface area contributed by atoms with Crippen molar-refractivity contribution < 1.29 is 18.4 Å². The van der Waals surface area contributed by atoms with Crippen molar-refractivity contribution >= 4 is 35.7 Å². The fourth-order valence-electron chi connectivity index (χ4n) is 2.66. The number of hydrogen-bond donors (Lipinski definition) is 2. The van der Waals surface area contributed by atoms with Gasteiger partial charge in [-0.3, -0.25) is 9.36 Å². The lowest BCUT2D eigenvalue weighted by Crippen LogP contribution is -2.29.